The van der Waals surface area contributed by atoms with Gasteiger partial charge in [-0.1, -0.05) is 0 Å². The molecule has 1 aromatic heterocycles. The second-order valence-corrected chi connectivity index (χ2v) is 4.95. The monoisotopic (exact) mass is 297 g/mol. The maximum Gasteiger partial charge on any atom is 0.451 e. The highest BCUT2D eigenvalue weighted by molar-refractivity contribution is 5.90. The number of hydrogen-bond acceptors (Lipinski definition) is 4. The van der Waals surface area contributed by atoms with Gasteiger partial charge in [0.1, 0.15) is 11.6 Å². The van der Waals surface area contributed by atoms with Crippen molar-refractivity contribution in [1.29, 1.82) is 0 Å². The van der Waals surface area contributed by atoms with Gasteiger partial charge in [0.2, 0.25) is 5.82 Å². The molecule has 1 aliphatic heterocycles. The van der Waals surface area contributed by atoms with Gasteiger partial charge in [0.05, 0.1) is 12.6 Å². The van der Waals surface area contributed by atoms with Crippen LogP contribution in [0.15, 0.2) is 18.2 Å². The van der Waals surface area contributed by atoms with Crippen LogP contribution in [0, 0.1) is 0 Å². The van der Waals surface area contributed by atoms with Crippen LogP contribution in [0.2, 0.25) is 0 Å². The van der Waals surface area contributed by atoms with E-state index in [1.165, 1.54) is 13.2 Å². The lowest BCUT2D eigenvalue weighted by Crippen LogP contribution is -2.22. The predicted octanol–water partition coefficient (Wildman–Crippen LogP) is 3.26. The van der Waals surface area contributed by atoms with Crippen molar-refractivity contribution in [2.75, 3.05) is 25.1 Å². The Morgan fingerprint density at radius 3 is 2.48 bits per heavy atom. The van der Waals surface area contributed by atoms with Crippen LogP contribution in [0.3, 0.4) is 0 Å². The first-order valence-electron chi connectivity index (χ1n) is 6.67. The fourth-order valence-electron chi connectivity index (χ4n) is 2.52. The number of methoxy groups -OCH3 is 1. The van der Waals surface area contributed by atoms with Gasteiger partial charge in [-0.2, -0.15) is 13.2 Å². The molecule has 0 N–H and O–H groups in total. The summed E-state index contributed by atoms with van der Waals surface area (Å²) < 4.78 is 44.0. The minimum atomic E-state index is -4.56. The zero-order chi connectivity index (χ0) is 15.0. The third kappa shape index (κ3) is 2.59. The molecule has 21 heavy (non-hydrogen) atoms. The van der Waals surface area contributed by atoms with Gasteiger partial charge in [-0.05, 0) is 25.0 Å². The van der Waals surface area contributed by atoms with E-state index in [9.17, 15) is 13.2 Å². The standard InChI is InChI=1S/C14H14F3N3O/c1-21-9-4-5-10-11(8-9)18-13(14(15,16)17)19-12(10)20-6-2-3-7-20/h4-5,8H,2-3,6-7H2,1H3. The molecule has 0 aliphatic carbocycles. The van der Waals surface area contributed by atoms with Gasteiger partial charge < -0.3 is 9.64 Å². The quantitative estimate of drug-likeness (QED) is 0.853. The molecule has 0 atom stereocenters. The number of alkyl halides is 3. The molecule has 0 bridgehead atoms. The highest BCUT2D eigenvalue weighted by Gasteiger charge is 2.36. The highest BCUT2D eigenvalue weighted by atomic mass is 19.4. The fraction of sp³-hybridized carbons (Fsp3) is 0.429. The summed E-state index contributed by atoms with van der Waals surface area (Å²) in [7, 11) is 1.47. The third-order valence-electron chi connectivity index (χ3n) is 3.54. The van der Waals surface area contributed by atoms with Crippen molar-refractivity contribution in [3.05, 3.63) is 24.0 Å². The van der Waals surface area contributed by atoms with E-state index in [1.54, 1.807) is 12.1 Å². The van der Waals surface area contributed by atoms with E-state index >= 15 is 0 Å². The van der Waals surface area contributed by atoms with E-state index in [2.05, 4.69) is 9.97 Å². The molecule has 2 heterocycles. The molecule has 2 aromatic rings. The minimum Gasteiger partial charge on any atom is -0.497 e. The maximum atomic E-state index is 13.0. The van der Waals surface area contributed by atoms with Gasteiger partial charge in [0.25, 0.3) is 0 Å². The highest BCUT2D eigenvalue weighted by Crippen LogP contribution is 2.34. The van der Waals surface area contributed by atoms with Crippen molar-refractivity contribution < 1.29 is 17.9 Å². The Morgan fingerprint density at radius 1 is 1.14 bits per heavy atom. The summed E-state index contributed by atoms with van der Waals surface area (Å²) in [5.41, 5.74) is 0.249. The molecule has 4 nitrogen and oxygen atoms in total. The van der Waals surface area contributed by atoms with Crippen LogP contribution < -0.4 is 9.64 Å². The Kier molecular flexibility index (Phi) is 3.35. The van der Waals surface area contributed by atoms with Crippen molar-refractivity contribution in [3.63, 3.8) is 0 Å². The molecule has 7 heteroatoms. The summed E-state index contributed by atoms with van der Waals surface area (Å²) in [6.07, 6.45) is -2.64. The summed E-state index contributed by atoms with van der Waals surface area (Å²) in [6, 6.07) is 4.92. The number of nitrogens with zero attached hydrogens (tertiary/aromatic N) is 3. The Bertz CT molecular complexity index is 666. The lowest BCUT2D eigenvalue weighted by Gasteiger charge is -2.20. The van der Waals surface area contributed by atoms with Gasteiger partial charge in [0, 0.05) is 24.5 Å². The van der Waals surface area contributed by atoms with E-state index < -0.39 is 12.0 Å². The lowest BCUT2D eigenvalue weighted by atomic mass is 10.2. The number of fused-ring (bicyclic) bond motifs is 1. The normalized spacial score (nSPS) is 15.7. The molecule has 3 rings (SSSR count). The van der Waals surface area contributed by atoms with E-state index in [1.807, 2.05) is 4.90 Å². The summed E-state index contributed by atoms with van der Waals surface area (Å²) in [5, 5.41) is 0.616. The lowest BCUT2D eigenvalue weighted by molar-refractivity contribution is -0.144. The fourth-order valence-corrected chi connectivity index (χ4v) is 2.52. The van der Waals surface area contributed by atoms with Crippen molar-refractivity contribution >= 4 is 16.7 Å². The average Bonchev–Trinajstić information content (AvgIpc) is 2.98. The van der Waals surface area contributed by atoms with Gasteiger partial charge in [-0.3, -0.25) is 0 Å². The predicted molar refractivity (Wildman–Crippen MR) is 72.5 cm³/mol. The van der Waals surface area contributed by atoms with Crippen LogP contribution in [-0.2, 0) is 6.18 Å². The summed E-state index contributed by atoms with van der Waals surface area (Å²) in [6.45, 7) is 1.44. The van der Waals surface area contributed by atoms with Gasteiger partial charge >= 0.3 is 6.18 Å². The summed E-state index contributed by atoms with van der Waals surface area (Å²) >= 11 is 0. The third-order valence-corrected chi connectivity index (χ3v) is 3.54. The second kappa shape index (κ2) is 5.05. The Labute approximate surface area is 119 Å². The largest absolute Gasteiger partial charge is 0.497 e. The number of ether oxygens (including phenoxy) is 1. The maximum absolute atomic E-state index is 13.0. The van der Waals surface area contributed by atoms with E-state index in [0.29, 0.717) is 17.0 Å². The molecule has 1 aliphatic rings. The Hall–Kier alpha value is -2.05. The SMILES string of the molecule is COc1ccc2c(N3CCCC3)nc(C(F)(F)F)nc2c1. The molecule has 112 valence electrons. The number of benzene rings is 1. The Morgan fingerprint density at radius 2 is 1.86 bits per heavy atom. The number of hydrogen-bond donors (Lipinski definition) is 0. The van der Waals surface area contributed by atoms with Crippen LogP contribution in [0.1, 0.15) is 18.7 Å². The topological polar surface area (TPSA) is 38.2 Å². The van der Waals surface area contributed by atoms with Crippen LogP contribution in [-0.4, -0.2) is 30.2 Å². The molecule has 0 saturated carbocycles. The van der Waals surface area contributed by atoms with E-state index in [4.69, 9.17) is 4.74 Å². The van der Waals surface area contributed by atoms with Crippen molar-refractivity contribution in [1.82, 2.24) is 9.97 Å². The zero-order valence-corrected chi connectivity index (χ0v) is 11.4. The van der Waals surface area contributed by atoms with Gasteiger partial charge in [-0.25, -0.2) is 9.97 Å². The van der Waals surface area contributed by atoms with Crippen LogP contribution in [0.5, 0.6) is 5.75 Å². The van der Waals surface area contributed by atoms with Crippen molar-refractivity contribution in [3.8, 4) is 5.75 Å². The molecule has 0 radical (unpaired) electrons. The van der Waals surface area contributed by atoms with Gasteiger partial charge in [0.15, 0.2) is 0 Å². The van der Waals surface area contributed by atoms with E-state index in [-0.39, 0.29) is 5.52 Å². The molecule has 0 amide bonds. The summed E-state index contributed by atoms with van der Waals surface area (Å²) in [5.74, 6) is -0.278. The average molecular weight is 297 g/mol. The molecule has 1 saturated heterocycles. The van der Waals surface area contributed by atoms with Crippen LogP contribution >= 0.6 is 0 Å². The number of anilines is 1. The molecule has 0 spiro atoms. The number of aromatic nitrogens is 2. The molecule has 1 aromatic carbocycles. The first-order chi connectivity index (χ1) is 9.99. The number of halogens is 3. The summed E-state index contributed by atoms with van der Waals surface area (Å²) in [4.78, 5) is 9.28. The van der Waals surface area contributed by atoms with Crippen LogP contribution in [0.4, 0.5) is 19.0 Å². The Balaban J connectivity index is 2.22. The van der Waals surface area contributed by atoms with Crippen molar-refractivity contribution in [2.45, 2.75) is 19.0 Å². The van der Waals surface area contributed by atoms with Gasteiger partial charge in [-0.15, -0.1) is 0 Å². The first kappa shape index (κ1) is 13.9. The molecular weight excluding hydrogens is 283 g/mol. The molecule has 0 unspecified atom stereocenters. The van der Waals surface area contributed by atoms with E-state index in [0.717, 1.165) is 25.9 Å². The van der Waals surface area contributed by atoms with Crippen molar-refractivity contribution in [2.24, 2.45) is 0 Å². The smallest absolute Gasteiger partial charge is 0.451 e. The number of rotatable bonds is 2. The minimum absolute atomic E-state index is 0.249. The zero-order valence-electron chi connectivity index (χ0n) is 11.4. The van der Waals surface area contributed by atoms with Crippen LogP contribution in [0.25, 0.3) is 10.9 Å². The second-order valence-electron chi connectivity index (χ2n) is 4.95. The first-order valence-corrected chi connectivity index (χ1v) is 6.67. The molecule has 1 fully saturated rings. The molecular formula is C14H14F3N3O.